The molecule has 1 fully saturated rings. The average Bonchev–Trinajstić information content (AvgIpc) is 1.99. The predicted octanol–water partition coefficient (Wildman–Crippen LogP) is 1.49. The minimum Gasteiger partial charge on any atom is -0.393 e. The van der Waals surface area contributed by atoms with Gasteiger partial charge < -0.3 is 10.6 Å². The van der Waals surface area contributed by atoms with Crippen LogP contribution in [-0.4, -0.2) is 40.0 Å². The molecule has 1 heterocycles. The van der Waals surface area contributed by atoms with Crippen LogP contribution in [0.25, 0.3) is 0 Å². The van der Waals surface area contributed by atoms with Crippen LogP contribution in [0.2, 0.25) is 0 Å². The Kier molecular flexibility index (Phi) is 4.01. The molecule has 2 N–H and O–H groups in total. The molecule has 0 radical (unpaired) electrons. The molecule has 0 amide bonds. The first-order valence-corrected chi connectivity index (χ1v) is 6.04. The quantitative estimate of drug-likeness (QED) is 0.727. The van der Waals surface area contributed by atoms with Crippen molar-refractivity contribution in [3.8, 4) is 0 Å². The third-order valence-corrected chi connectivity index (χ3v) is 3.68. The lowest BCUT2D eigenvalue weighted by Gasteiger charge is -2.37. The summed E-state index contributed by atoms with van der Waals surface area (Å²) in [6.45, 7) is 7.95. The van der Waals surface area contributed by atoms with Gasteiger partial charge in [-0.15, -0.1) is 0 Å². The normalized spacial score (nSPS) is 22.9. The summed E-state index contributed by atoms with van der Waals surface area (Å²) in [5.41, 5.74) is 5.48. The zero-order chi connectivity index (χ0) is 9.90. The molecule has 2 nitrogen and oxygen atoms in total. The molecule has 0 aromatic rings. The van der Waals surface area contributed by atoms with Crippen LogP contribution in [0, 0.1) is 0 Å². The Morgan fingerprint density at radius 2 is 2.31 bits per heavy atom. The summed E-state index contributed by atoms with van der Waals surface area (Å²) >= 11 is 6.92. The summed E-state index contributed by atoms with van der Waals surface area (Å²) in [4.78, 5) is 3.09. The summed E-state index contributed by atoms with van der Waals surface area (Å²) in [5, 5.41) is 0. The lowest BCUT2D eigenvalue weighted by atomic mass is 10.2. The fourth-order valence-electron chi connectivity index (χ4n) is 1.57. The summed E-state index contributed by atoms with van der Waals surface area (Å²) in [6.07, 6.45) is 0.857. The fourth-order valence-corrected chi connectivity index (χ4v) is 2.84. The van der Waals surface area contributed by atoms with Crippen molar-refractivity contribution in [3.63, 3.8) is 0 Å². The van der Waals surface area contributed by atoms with Gasteiger partial charge in [-0.1, -0.05) is 12.2 Å². The predicted molar refractivity (Wildman–Crippen MR) is 64.4 cm³/mol. The van der Waals surface area contributed by atoms with Crippen molar-refractivity contribution in [2.45, 2.75) is 25.0 Å². The van der Waals surface area contributed by atoms with Gasteiger partial charge in [0.05, 0.1) is 4.99 Å². The maximum atomic E-state index is 5.48. The minimum atomic E-state index is 0.397. The monoisotopic (exact) mass is 218 g/mol. The van der Waals surface area contributed by atoms with Crippen molar-refractivity contribution < 1.29 is 0 Å². The third kappa shape index (κ3) is 4.29. The van der Waals surface area contributed by atoms with E-state index in [1.54, 1.807) is 0 Å². The van der Waals surface area contributed by atoms with Gasteiger partial charge in [-0.3, -0.25) is 0 Å². The molecule has 0 unspecified atom stereocenters. The molecule has 0 atom stereocenters. The van der Waals surface area contributed by atoms with E-state index in [9.17, 15) is 0 Å². The van der Waals surface area contributed by atoms with E-state index in [1.807, 2.05) is 0 Å². The Morgan fingerprint density at radius 3 is 2.85 bits per heavy atom. The topological polar surface area (TPSA) is 29.3 Å². The van der Waals surface area contributed by atoms with Crippen LogP contribution in [0.1, 0.15) is 20.3 Å². The van der Waals surface area contributed by atoms with Gasteiger partial charge in [0.15, 0.2) is 0 Å². The molecule has 1 aliphatic rings. The van der Waals surface area contributed by atoms with Gasteiger partial charge in [0.2, 0.25) is 0 Å². The smallest absolute Gasteiger partial charge is 0.0740 e. The average molecular weight is 218 g/mol. The molecule has 0 aromatic heterocycles. The molecule has 1 aliphatic heterocycles. The summed E-state index contributed by atoms with van der Waals surface area (Å²) in [7, 11) is 0. The molecule has 0 aliphatic carbocycles. The van der Waals surface area contributed by atoms with Crippen LogP contribution < -0.4 is 5.73 Å². The standard InChI is InChI=1S/C9H18N2S2/c1-9(2)7-11(5-6-13-9)4-3-8(10)12/h3-7H2,1-2H3,(H2,10,12). The number of nitrogens with two attached hydrogens (primary N) is 1. The SMILES string of the molecule is CC1(C)CN(CCC(N)=S)CCS1. The van der Waals surface area contributed by atoms with Crippen molar-refractivity contribution in [1.82, 2.24) is 4.90 Å². The number of hydrogen-bond donors (Lipinski definition) is 1. The molecule has 13 heavy (non-hydrogen) atoms. The Balaban J connectivity index is 2.30. The molecule has 0 aromatic carbocycles. The lowest BCUT2D eigenvalue weighted by molar-refractivity contribution is 0.268. The molecule has 1 rings (SSSR count). The van der Waals surface area contributed by atoms with Crippen LogP contribution in [0.3, 0.4) is 0 Å². The molecule has 76 valence electrons. The van der Waals surface area contributed by atoms with Gasteiger partial charge in [-0.2, -0.15) is 11.8 Å². The maximum absolute atomic E-state index is 5.48. The van der Waals surface area contributed by atoms with E-state index >= 15 is 0 Å². The zero-order valence-corrected chi connectivity index (χ0v) is 10.0. The molecule has 1 saturated heterocycles. The molecule has 4 heteroatoms. The highest BCUT2D eigenvalue weighted by atomic mass is 32.2. The maximum Gasteiger partial charge on any atom is 0.0740 e. The van der Waals surface area contributed by atoms with Crippen molar-refractivity contribution >= 4 is 29.0 Å². The number of nitrogens with zero attached hydrogens (tertiary/aromatic N) is 1. The van der Waals surface area contributed by atoms with Gasteiger partial charge in [-0.25, -0.2) is 0 Å². The fraction of sp³-hybridized carbons (Fsp3) is 0.889. The number of thiocarbonyl (C=S) groups is 1. The molecule has 0 spiro atoms. The van der Waals surface area contributed by atoms with E-state index < -0.39 is 0 Å². The van der Waals surface area contributed by atoms with Crippen LogP contribution in [0.15, 0.2) is 0 Å². The summed E-state index contributed by atoms with van der Waals surface area (Å²) in [6, 6.07) is 0. The first kappa shape index (κ1) is 11.3. The van der Waals surface area contributed by atoms with Crippen molar-refractivity contribution in [1.29, 1.82) is 0 Å². The van der Waals surface area contributed by atoms with Crippen molar-refractivity contribution in [2.75, 3.05) is 25.4 Å². The Bertz CT molecular complexity index is 192. The van der Waals surface area contributed by atoms with Gasteiger partial charge >= 0.3 is 0 Å². The van der Waals surface area contributed by atoms with Gasteiger partial charge in [0, 0.05) is 36.6 Å². The van der Waals surface area contributed by atoms with Crippen LogP contribution in [-0.2, 0) is 0 Å². The van der Waals surface area contributed by atoms with E-state index in [0.717, 1.165) is 19.5 Å². The molecular weight excluding hydrogens is 200 g/mol. The highest BCUT2D eigenvalue weighted by Crippen LogP contribution is 2.29. The number of thioether (sulfide) groups is 1. The molecule has 0 bridgehead atoms. The minimum absolute atomic E-state index is 0.397. The Morgan fingerprint density at radius 1 is 1.62 bits per heavy atom. The van der Waals surface area contributed by atoms with Crippen LogP contribution >= 0.6 is 24.0 Å². The van der Waals surface area contributed by atoms with Gasteiger partial charge in [0.1, 0.15) is 0 Å². The Labute approximate surface area is 90.2 Å². The summed E-state index contributed by atoms with van der Waals surface area (Å²) in [5.74, 6) is 1.23. The van der Waals surface area contributed by atoms with E-state index in [2.05, 4.69) is 30.5 Å². The number of rotatable bonds is 3. The first-order valence-electron chi connectivity index (χ1n) is 4.64. The van der Waals surface area contributed by atoms with Crippen LogP contribution in [0.5, 0.6) is 0 Å². The van der Waals surface area contributed by atoms with E-state index in [4.69, 9.17) is 18.0 Å². The highest BCUT2D eigenvalue weighted by Gasteiger charge is 2.26. The highest BCUT2D eigenvalue weighted by molar-refractivity contribution is 8.00. The second-order valence-electron chi connectivity index (χ2n) is 4.10. The second-order valence-corrected chi connectivity index (χ2v) is 6.43. The third-order valence-electron chi connectivity index (χ3n) is 2.18. The van der Waals surface area contributed by atoms with Crippen LogP contribution in [0.4, 0.5) is 0 Å². The lowest BCUT2D eigenvalue weighted by Crippen LogP contribution is -2.44. The summed E-state index contributed by atoms with van der Waals surface area (Å²) < 4.78 is 0.397. The van der Waals surface area contributed by atoms with Gasteiger partial charge in [0.25, 0.3) is 0 Å². The first-order chi connectivity index (χ1) is 5.99. The molecule has 0 saturated carbocycles. The molecular formula is C9H18N2S2. The zero-order valence-electron chi connectivity index (χ0n) is 8.38. The van der Waals surface area contributed by atoms with Gasteiger partial charge in [-0.05, 0) is 13.8 Å². The van der Waals surface area contributed by atoms with Crippen molar-refractivity contribution in [2.24, 2.45) is 5.73 Å². The van der Waals surface area contributed by atoms with E-state index in [1.165, 1.54) is 12.3 Å². The van der Waals surface area contributed by atoms with E-state index in [-0.39, 0.29) is 0 Å². The Hall–Kier alpha value is 0.200. The van der Waals surface area contributed by atoms with Crippen molar-refractivity contribution in [3.05, 3.63) is 0 Å². The second kappa shape index (κ2) is 4.62. The largest absolute Gasteiger partial charge is 0.393 e. The van der Waals surface area contributed by atoms with E-state index in [0.29, 0.717) is 9.74 Å². The number of hydrogen-bond acceptors (Lipinski definition) is 3.